The van der Waals surface area contributed by atoms with E-state index in [2.05, 4.69) is 96.8 Å². The lowest BCUT2D eigenvalue weighted by atomic mass is 9.79. The zero-order chi connectivity index (χ0) is 18.9. The molecule has 0 N–H and O–H groups in total. The second-order valence-electron chi connectivity index (χ2n) is 8.10. The van der Waals surface area contributed by atoms with Crippen LogP contribution in [0.25, 0.3) is 0 Å². The molecule has 0 spiro atoms. The van der Waals surface area contributed by atoms with Gasteiger partial charge in [0.2, 0.25) is 0 Å². The predicted octanol–water partition coefficient (Wildman–Crippen LogP) is 7.01. The number of nitrogens with zero attached hydrogens (tertiary/aromatic N) is 2. The molecule has 0 saturated carbocycles. The molecular formula is C23H29BrN2. The maximum atomic E-state index is 4.69. The van der Waals surface area contributed by atoms with Gasteiger partial charge in [0.25, 0.3) is 0 Å². The van der Waals surface area contributed by atoms with Gasteiger partial charge in [0.15, 0.2) is 0 Å². The van der Waals surface area contributed by atoms with Crippen molar-refractivity contribution in [3.05, 3.63) is 57.6 Å². The van der Waals surface area contributed by atoms with Crippen molar-refractivity contribution in [3.63, 3.8) is 0 Å². The average molecular weight is 413 g/mol. The summed E-state index contributed by atoms with van der Waals surface area (Å²) in [5.41, 5.74) is 6.42. The number of aliphatic imine (C=N–C) groups is 1. The molecular weight excluding hydrogens is 384 g/mol. The number of halogens is 1. The Morgan fingerprint density at radius 3 is 2.69 bits per heavy atom. The molecule has 1 unspecified atom stereocenters. The van der Waals surface area contributed by atoms with Crippen LogP contribution in [0.5, 0.6) is 0 Å². The van der Waals surface area contributed by atoms with Gasteiger partial charge in [-0.1, -0.05) is 26.0 Å². The molecule has 0 bridgehead atoms. The van der Waals surface area contributed by atoms with Crippen molar-refractivity contribution < 1.29 is 0 Å². The van der Waals surface area contributed by atoms with Crippen molar-refractivity contribution in [1.82, 2.24) is 0 Å². The Balaban J connectivity index is 1.93. The van der Waals surface area contributed by atoms with Gasteiger partial charge >= 0.3 is 0 Å². The standard InChI is InChI=1S/C23H29BrN2/c1-6-11-26-22-10-8-18(13-19(22)17(3)14-23(26,4)5)15-25-21-9-7-16(2)12-20(21)24/h7-10,12-13,15,17H,6,11,14H2,1-5H3. The van der Waals surface area contributed by atoms with E-state index in [4.69, 9.17) is 0 Å². The first kappa shape index (κ1) is 19.2. The van der Waals surface area contributed by atoms with E-state index >= 15 is 0 Å². The van der Waals surface area contributed by atoms with Crippen LogP contribution in [0.3, 0.4) is 0 Å². The van der Waals surface area contributed by atoms with Crippen LogP contribution in [-0.4, -0.2) is 18.3 Å². The largest absolute Gasteiger partial charge is 0.366 e. The van der Waals surface area contributed by atoms with Crippen molar-refractivity contribution in [3.8, 4) is 0 Å². The SMILES string of the molecule is CCCN1c2ccc(C=Nc3ccc(C)cc3Br)cc2C(C)CC1(C)C. The maximum absolute atomic E-state index is 4.69. The van der Waals surface area contributed by atoms with Gasteiger partial charge in [0, 0.05) is 28.5 Å². The fourth-order valence-electron chi connectivity index (χ4n) is 4.10. The van der Waals surface area contributed by atoms with E-state index in [1.807, 2.05) is 6.21 Å². The Kier molecular flexibility index (Phi) is 5.57. The van der Waals surface area contributed by atoms with E-state index in [0.717, 1.165) is 16.7 Å². The Morgan fingerprint density at radius 2 is 2.00 bits per heavy atom. The molecule has 0 radical (unpaired) electrons. The number of rotatable bonds is 4. The van der Waals surface area contributed by atoms with Gasteiger partial charge in [0.05, 0.1) is 5.69 Å². The van der Waals surface area contributed by atoms with Crippen LogP contribution in [0.15, 0.2) is 45.9 Å². The first-order chi connectivity index (χ1) is 12.3. The summed E-state index contributed by atoms with van der Waals surface area (Å²) < 4.78 is 1.04. The van der Waals surface area contributed by atoms with Gasteiger partial charge < -0.3 is 4.90 Å². The molecule has 1 aliphatic rings. The zero-order valence-electron chi connectivity index (χ0n) is 16.5. The minimum absolute atomic E-state index is 0.213. The molecule has 0 aliphatic carbocycles. The number of anilines is 1. The van der Waals surface area contributed by atoms with Crippen LogP contribution in [-0.2, 0) is 0 Å². The fourth-order valence-corrected chi connectivity index (χ4v) is 4.69. The first-order valence-corrected chi connectivity index (χ1v) is 10.3. The van der Waals surface area contributed by atoms with E-state index in [1.165, 1.54) is 35.2 Å². The Hall–Kier alpha value is -1.61. The second kappa shape index (κ2) is 7.56. The summed E-state index contributed by atoms with van der Waals surface area (Å²) in [5.74, 6) is 0.563. The highest BCUT2D eigenvalue weighted by molar-refractivity contribution is 9.10. The van der Waals surface area contributed by atoms with Gasteiger partial charge in [-0.25, -0.2) is 0 Å². The number of hydrogen-bond acceptors (Lipinski definition) is 2. The van der Waals surface area contributed by atoms with Crippen molar-refractivity contribution in [2.45, 2.75) is 58.9 Å². The molecule has 1 aliphatic heterocycles. The number of benzene rings is 2. The van der Waals surface area contributed by atoms with E-state index < -0.39 is 0 Å². The minimum atomic E-state index is 0.213. The van der Waals surface area contributed by atoms with Crippen molar-refractivity contribution in [2.24, 2.45) is 4.99 Å². The Morgan fingerprint density at radius 1 is 1.23 bits per heavy atom. The molecule has 0 aromatic heterocycles. The second-order valence-corrected chi connectivity index (χ2v) is 8.95. The van der Waals surface area contributed by atoms with E-state index in [1.54, 1.807) is 0 Å². The van der Waals surface area contributed by atoms with E-state index in [-0.39, 0.29) is 5.54 Å². The lowest BCUT2D eigenvalue weighted by molar-refractivity contribution is 0.376. The molecule has 26 heavy (non-hydrogen) atoms. The molecule has 0 saturated heterocycles. The summed E-state index contributed by atoms with van der Waals surface area (Å²) in [4.78, 5) is 7.27. The highest BCUT2D eigenvalue weighted by Crippen LogP contribution is 2.43. The van der Waals surface area contributed by atoms with Gasteiger partial charge in [-0.05, 0) is 96.4 Å². The van der Waals surface area contributed by atoms with Crippen molar-refractivity contribution in [1.29, 1.82) is 0 Å². The number of fused-ring (bicyclic) bond motifs is 1. The summed E-state index contributed by atoms with van der Waals surface area (Å²) >= 11 is 3.61. The van der Waals surface area contributed by atoms with Gasteiger partial charge in [-0.3, -0.25) is 4.99 Å². The van der Waals surface area contributed by atoms with Crippen LogP contribution in [0.1, 0.15) is 63.1 Å². The molecule has 2 nitrogen and oxygen atoms in total. The van der Waals surface area contributed by atoms with Gasteiger partial charge in [0.1, 0.15) is 0 Å². The summed E-state index contributed by atoms with van der Waals surface area (Å²) in [5, 5.41) is 0. The summed E-state index contributed by atoms with van der Waals surface area (Å²) in [7, 11) is 0. The lowest BCUT2D eigenvalue weighted by Crippen LogP contribution is -2.48. The monoisotopic (exact) mass is 412 g/mol. The van der Waals surface area contributed by atoms with Crippen LogP contribution in [0, 0.1) is 6.92 Å². The third-order valence-corrected chi connectivity index (χ3v) is 5.95. The highest BCUT2D eigenvalue weighted by Gasteiger charge is 2.35. The molecule has 2 aromatic carbocycles. The van der Waals surface area contributed by atoms with Crippen LogP contribution in [0.2, 0.25) is 0 Å². The average Bonchev–Trinajstić information content (AvgIpc) is 2.57. The third-order valence-electron chi connectivity index (χ3n) is 5.31. The molecule has 3 heteroatoms. The fraction of sp³-hybridized carbons (Fsp3) is 0.435. The van der Waals surface area contributed by atoms with Crippen molar-refractivity contribution >= 4 is 33.5 Å². The smallest absolute Gasteiger partial charge is 0.0772 e. The lowest BCUT2D eigenvalue weighted by Gasteiger charge is -2.47. The minimum Gasteiger partial charge on any atom is -0.366 e. The molecule has 0 fully saturated rings. The van der Waals surface area contributed by atoms with E-state index in [9.17, 15) is 0 Å². The van der Waals surface area contributed by atoms with Gasteiger partial charge in [-0.2, -0.15) is 0 Å². The summed E-state index contributed by atoms with van der Waals surface area (Å²) in [6.07, 6.45) is 4.33. The first-order valence-electron chi connectivity index (χ1n) is 9.53. The number of aryl methyl sites for hydroxylation is 1. The van der Waals surface area contributed by atoms with Gasteiger partial charge in [-0.15, -0.1) is 0 Å². The third kappa shape index (κ3) is 3.88. The highest BCUT2D eigenvalue weighted by atomic mass is 79.9. The molecule has 138 valence electrons. The van der Waals surface area contributed by atoms with E-state index in [0.29, 0.717) is 5.92 Å². The summed E-state index contributed by atoms with van der Waals surface area (Å²) in [6.45, 7) is 12.5. The van der Waals surface area contributed by atoms with Crippen LogP contribution >= 0.6 is 15.9 Å². The Labute approximate surface area is 166 Å². The predicted molar refractivity (Wildman–Crippen MR) is 117 cm³/mol. The molecule has 3 rings (SSSR count). The molecule has 2 aromatic rings. The number of hydrogen-bond donors (Lipinski definition) is 0. The molecule has 0 amide bonds. The van der Waals surface area contributed by atoms with Crippen molar-refractivity contribution in [2.75, 3.05) is 11.4 Å². The maximum Gasteiger partial charge on any atom is 0.0772 e. The molecule has 1 heterocycles. The molecule has 1 atom stereocenters. The van der Waals surface area contributed by atoms with Crippen LogP contribution < -0.4 is 4.90 Å². The summed E-state index contributed by atoms with van der Waals surface area (Å²) in [6, 6.07) is 13.1. The topological polar surface area (TPSA) is 15.6 Å². The normalized spacial score (nSPS) is 19.0. The quantitative estimate of drug-likeness (QED) is 0.492. The zero-order valence-corrected chi connectivity index (χ0v) is 18.1. The Bertz CT molecular complexity index is 823. The van der Waals surface area contributed by atoms with Crippen LogP contribution in [0.4, 0.5) is 11.4 Å².